The van der Waals surface area contributed by atoms with E-state index in [-0.39, 0.29) is 5.91 Å². The van der Waals surface area contributed by atoms with E-state index in [0.717, 1.165) is 16.8 Å². The minimum absolute atomic E-state index is 0.214. The molecule has 2 aromatic heterocycles. The molecule has 6 heteroatoms. The first-order valence-electron chi connectivity index (χ1n) is 8.00. The van der Waals surface area contributed by atoms with Crippen molar-refractivity contribution in [1.82, 2.24) is 9.38 Å². The van der Waals surface area contributed by atoms with Gasteiger partial charge in [0.05, 0.1) is 0 Å². The first-order chi connectivity index (χ1) is 12.6. The molecule has 2 heterocycles. The number of pyridine rings is 1. The molecule has 0 saturated carbocycles. The SMILES string of the molecule is Nc1cc(NC(=O)c2ccc(Cl)cc2)ccc1-c1ccc2nccn2c1. The topological polar surface area (TPSA) is 72.4 Å². The number of fused-ring (bicyclic) bond motifs is 1. The summed E-state index contributed by atoms with van der Waals surface area (Å²) in [5, 5.41) is 3.43. The van der Waals surface area contributed by atoms with Crippen LogP contribution < -0.4 is 11.1 Å². The molecule has 4 aromatic rings. The van der Waals surface area contributed by atoms with Gasteiger partial charge in [-0.2, -0.15) is 0 Å². The second-order valence-electron chi connectivity index (χ2n) is 5.87. The third-order valence-corrected chi connectivity index (χ3v) is 4.37. The summed E-state index contributed by atoms with van der Waals surface area (Å²) in [5.74, 6) is -0.214. The van der Waals surface area contributed by atoms with Gasteiger partial charge in [-0.1, -0.05) is 17.7 Å². The summed E-state index contributed by atoms with van der Waals surface area (Å²) >= 11 is 5.85. The maximum Gasteiger partial charge on any atom is 0.255 e. The molecule has 0 unspecified atom stereocenters. The predicted molar refractivity (Wildman–Crippen MR) is 104 cm³/mol. The van der Waals surface area contributed by atoms with Crippen molar-refractivity contribution in [2.75, 3.05) is 11.1 Å². The monoisotopic (exact) mass is 362 g/mol. The maximum absolute atomic E-state index is 12.3. The number of halogens is 1. The number of nitrogens with zero attached hydrogens (tertiary/aromatic N) is 2. The summed E-state index contributed by atoms with van der Waals surface area (Å²) in [4.78, 5) is 16.5. The maximum atomic E-state index is 12.3. The minimum Gasteiger partial charge on any atom is -0.398 e. The molecule has 3 N–H and O–H groups in total. The zero-order chi connectivity index (χ0) is 18.1. The molecule has 0 radical (unpaired) electrons. The number of hydrogen-bond donors (Lipinski definition) is 2. The molecule has 2 aromatic carbocycles. The average molecular weight is 363 g/mol. The van der Waals surface area contributed by atoms with E-state index in [9.17, 15) is 4.79 Å². The fourth-order valence-corrected chi connectivity index (χ4v) is 2.91. The summed E-state index contributed by atoms with van der Waals surface area (Å²) < 4.78 is 1.94. The highest BCUT2D eigenvalue weighted by atomic mass is 35.5. The lowest BCUT2D eigenvalue weighted by atomic mass is 10.0. The molecular weight excluding hydrogens is 348 g/mol. The van der Waals surface area contributed by atoms with Crippen molar-refractivity contribution in [3.63, 3.8) is 0 Å². The Balaban J connectivity index is 1.59. The number of nitrogens with two attached hydrogens (primary N) is 1. The van der Waals surface area contributed by atoms with Crippen molar-refractivity contribution in [2.45, 2.75) is 0 Å². The number of anilines is 2. The van der Waals surface area contributed by atoms with E-state index in [1.54, 1.807) is 36.5 Å². The van der Waals surface area contributed by atoms with Crippen LogP contribution in [0.2, 0.25) is 5.02 Å². The molecule has 26 heavy (non-hydrogen) atoms. The smallest absolute Gasteiger partial charge is 0.255 e. The third-order valence-electron chi connectivity index (χ3n) is 4.12. The van der Waals surface area contributed by atoms with Gasteiger partial charge in [0, 0.05) is 51.7 Å². The molecule has 0 aliphatic rings. The number of hydrogen-bond acceptors (Lipinski definition) is 3. The number of imidazole rings is 1. The molecule has 0 fully saturated rings. The van der Waals surface area contributed by atoms with Crippen LogP contribution in [0.1, 0.15) is 10.4 Å². The summed E-state index contributed by atoms with van der Waals surface area (Å²) in [6, 6.07) is 16.1. The molecule has 0 bridgehead atoms. The number of rotatable bonds is 3. The second kappa shape index (κ2) is 6.54. The zero-order valence-electron chi connectivity index (χ0n) is 13.7. The van der Waals surface area contributed by atoms with Crippen LogP contribution in [0.15, 0.2) is 73.2 Å². The summed E-state index contributed by atoms with van der Waals surface area (Å²) in [6.07, 6.45) is 5.60. The Morgan fingerprint density at radius 1 is 1.08 bits per heavy atom. The summed E-state index contributed by atoms with van der Waals surface area (Å²) in [5.41, 5.74) is 10.7. The van der Waals surface area contributed by atoms with Crippen molar-refractivity contribution in [1.29, 1.82) is 0 Å². The molecule has 0 atom stereocenters. The number of benzene rings is 2. The van der Waals surface area contributed by atoms with E-state index in [1.807, 2.05) is 41.1 Å². The van der Waals surface area contributed by atoms with Gasteiger partial charge in [0.1, 0.15) is 5.65 Å². The normalized spacial score (nSPS) is 10.8. The van der Waals surface area contributed by atoms with Gasteiger partial charge in [-0.25, -0.2) is 4.98 Å². The van der Waals surface area contributed by atoms with Crippen LogP contribution in [0.4, 0.5) is 11.4 Å². The molecule has 0 spiro atoms. The Morgan fingerprint density at radius 2 is 1.88 bits per heavy atom. The molecule has 0 saturated heterocycles. The molecule has 128 valence electrons. The minimum atomic E-state index is -0.214. The Bertz CT molecular complexity index is 1100. The van der Waals surface area contributed by atoms with Crippen molar-refractivity contribution in [2.24, 2.45) is 0 Å². The van der Waals surface area contributed by atoms with E-state index < -0.39 is 0 Å². The van der Waals surface area contributed by atoms with Crippen molar-refractivity contribution < 1.29 is 4.79 Å². The second-order valence-corrected chi connectivity index (χ2v) is 6.31. The molecular formula is C20H15ClN4O. The quantitative estimate of drug-likeness (QED) is 0.527. The lowest BCUT2D eigenvalue weighted by Gasteiger charge is -2.10. The van der Waals surface area contributed by atoms with E-state index in [2.05, 4.69) is 10.3 Å². The van der Waals surface area contributed by atoms with Crippen LogP contribution in [0.3, 0.4) is 0 Å². The Morgan fingerprint density at radius 3 is 2.65 bits per heavy atom. The fourth-order valence-electron chi connectivity index (χ4n) is 2.79. The van der Waals surface area contributed by atoms with Crippen molar-refractivity contribution in [3.8, 4) is 11.1 Å². The lowest BCUT2D eigenvalue weighted by Crippen LogP contribution is -2.11. The van der Waals surface area contributed by atoms with E-state index in [1.165, 1.54) is 0 Å². The Kier molecular flexibility index (Phi) is 4.07. The van der Waals surface area contributed by atoms with Gasteiger partial charge in [0.25, 0.3) is 5.91 Å². The van der Waals surface area contributed by atoms with Gasteiger partial charge in [0.15, 0.2) is 0 Å². The van der Waals surface area contributed by atoms with Crippen LogP contribution in [0.25, 0.3) is 16.8 Å². The number of carbonyl (C=O) groups is 1. The first kappa shape index (κ1) is 16.2. The molecule has 1 amide bonds. The standard InChI is InChI=1S/C20H15ClN4O/c21-15-4-1-13(2-5-15)20(26)24-16-6-7-17(18(22)11-16)14-3-8-19-23-9-10-25(19)12-14/h1-12H,22H2,(H,24,26). The van der Waals surface area contributed by atoms with Crippen LogP contribution in [-0.4, -0.2) is 15.3 Å². The highest BCUT2D eigenvalue weighted by Crippen LogP contribution is 2.29. The number of carbonyl (C=O) groups excluding carboxylic acids is 1. The highest BCUT2D eigenvalue weighted by molar-refractivity contribution is 6.30. The van der Waals surface area contributed by atoms with E-state index in [0.29, 0.717) is 22.0 Å². The highest BCUT2D eigenvalue weighted by Gasteiger charge is 2.09. The molecule has 4 rings (SSSR count). The molecule has 0 aliphatic heterocycles. The van der Waals surface area contributed by atoms with Crippen LogP contribution in [0, 0.1) is 0 Å². The number of amides is 1. The number of aromatic nitrogens is 2. The largest absolute Gasteiger partial charge is 0.398 e. The van der Waals surface area contributed by atoms with Gasteiger partial charge in [-0.05, 0) is 48.5 Å². The predicted octanol–water partition coefficient (Wildman–Crippen LogP) is 4.49. The van der Waals surface area contributed by atoms with Gasteiger partial charge < -0.3 is 15.5 Å². The molecule has 0 aliphatic carbocycles. The summed E-state index contributed by atoms with van der Waals surface area (Å²) in [7, 11) is 0. The summed E-state index contributed by atoms with van der Waals surface area (Å²) in [6.45, 7) is 0. The van der Waals surface area contributed by atoms with Crippen LogP contribution in [-0.2, 0) is 0 Å². The van der Waals surface area contributed by atoms with Gasteiger partial charge in [-0.15, -0.1) is 0 Å². The lowest BCUT2D eigenvalue weighted by molar-refractivity contribution is 0.102. The Labute approximate surface area is 155 Å². The van der Waals surface area contributed by atoms with E-state index in [4.69, 9.17) is 17.3 Å². The number of nitrogens with one attached hydrogen (secondary N) is 1. The average Bonchev–Trinajstić information content (AvgIpc) is 3.10. The Hall–Kier alpha value is -3.31. The fraction of sp³-hybridized carbons (Fsp3) is 0. The van der Waals surface area contributed by atoms with Gasteiger partial charge >= 0.3 is 0 Å². The van der Waals surface area contributed by atoms with Crippen molar-refractivity contribution >= 4 is 34.5 Å². The van der Waals surface area contributed by atoms with Gasteiger partial charge in [-0.3, -0.25) is 4.79 Å². The van der Waals surface area contributed by atoms with Gasteiger partial charge in [0.2, 0.25) is 0 Å². The first-order valence-corrected chi connectivity index (χ1v) is 8.37. The number of nitrogen functional groups attached to an aromatic ring is 1. The van der Waals surface area contributed by atoms with Crippen molar-refractivity contribution in [3.05, 3.63) is 83.8 Å². The molecule has 5 nitrogen and oxygen atoms in total. The van der Waals surface area contributed by atoms with E-state index >= 15 is 0 Å². The van der Waals surface area contributed by atoms with Crippen LogP contribution in [0.5, 0.6) is 0 Å². The van der Waals surface area contributed by atoms with Crippen LogP contribution >= 0.6 is 11.6 Å². The third kappa shape index (κ3) is 3.12. The zero-order valence-corrected chi connectivity index (χ0v) is 14.4.